The Labute approximate surface area is 198 Å². The third kappa shape index (κ3) is 5.57. The number of hydrogen-bond donors (Lipinski definition) is 1. The third-order valence-electron chi connectivity index (χ3n) is 5.25. The number of carbonyl (C=O) groups is 2. The fraction of sp³-hybridized carbons (Fsp3) is 0.333. The molecule has 0 saturated heterocycles. The SMILES string of the molecule is Cc1cc(Cl)c2cc(C(=O)N[C@H](C)c3ccc(S(=O)(=O)CC(=O)OC(C)C)cc3)n(C)c2c1. The van der Waals surface area contributed by atoms with E-state index in [4.69, 9.17) is 16.3 Å². The number of esters is 1. The first-order chi connectivity index (χ1) is 15.4. The van der Waals surface area contributed by atoms with E-state index in [2.05, 4.69) is 5.32 Å². The van der Waals surface area contributed by atoms with E-state index in [0.29, 0.717) is 10.7 Å². The maximum atomic E-state index is 12.9. The normalized spacial score (nSPS) is 12.7. The highest BCUT2D eigenvalue weighted by Crippen LogP contribution is 2.28. The largest absolute Gasteiger partial charge is 0.462 e. The number of aryl methyl sites for hydroxylation is 2. The molecule has 3 aromatic rings. The van der Waals surface area contributed by atoms with E-state index in [1.54, 1.807) is 43.5 Å². The van der Waals surface area contributed by atoms with Crippen LogP contribution in [0.15, 0.2) is 47.4 Å². The van der Waals surface area contributed by atoms with Crippen LogP contribution < -0.4 is 5.32 Å². The van der Waals surface area contributed by atoms with E-state index >= 15 is 0 Å². The zero-order valence-corrected chi connectivity index (χ0v) is 20.8. The van der Waals surface area contributed by atoms with Crippen LogP contribution in [0.2, 0.25) is 5.02 Å². The Balaban J connectivity index is 1.75. The van der Waals surface area contributed by atoms with Gasteiger partial charge in [-0.05, 0) is 69.2 Å². The van der Waals surface area contributed by atoms with Crippen LogP contribution >= 0.6 is 11.6 Å². The molecule has 0 fully saturated rings. The molecule has 1 amide bonds. The van der Waals surface area contributed by atoms with Gasteiger partial charge in [-0.3, -0.25) is 9.59 Å². The van der Waals surface area contributed by atoms with Crippen molar-refractivity contribution in [2.45, 2.75) is 44.7 Å². The fourth-order valence-electron chi connectivity index (χ4n) is 3.59. The molecule has 0 unspecified atom stereocenters. The van der Waals surface area contributed by atoms with Crippen molar-refractivity contribution >= 4 is 44.2 Å². The van der Waals surface area contributed by atoms with Gasteiger partial charge in [0.2, 0.25) is 0 Å². The molecule has 0 aliphatic rings. The van der Waals surface area contributed by atoms with Gasteiger partial charge < -0.3 is 14.6 Å². The Morgan fingerprint density at radius 3 is 2.33 bits per heavy atom. The number of aromatic nitrogens is 1. The number of rotatable bonds is 7. The highest BCUT2D eigenvalue weighted by Gasteiger charge is 2.22. The van der Waals surface area contributed by atoms with Crippen LogP contribution in [0, 0.1) is 6.92 Å². The van der Waals surface area contributed by atoms with E-state index in [9.17, 15) is 18.0 Å². The van der Waals surface area contributed by atoms with Crippen molar-refractivity contribution in [1.29, 1.82) is 0 Å². The summed E-state index contributed by atoms with van der Waals surface area (Å²) in [5, 5.41) is 4.32. The molecule has 176 valence electrons. The molecule has 1 N–H and O–H groups in total. The first-order valence-corrected chi connectivity index (χ1v) is 12.5. The monoisotopic (exact) mass is 490 g/mol. The molecule has 0 aliphatic heterocycles. The van der Waals surface area contributed by atoms with Crippen molar-refractivity contribution in [1.82, 2.24) is 9.88 Å². The number of nitrogens with zero attached hydrogens (tertiary/aromatic N) is 1. The summed E-state index contributed by atoms with van der Waals surface area (Å²) in [6.07, 6.45) is -0.388. The molecule has 1 atom stereocenters. The predicted molar refractivity (Wildman–Crippen MR) is 128 cm³/mol. The first kappa shape index (κ1) is 24.8. The maximum Gasteiger partial charge on any atom is 0.321 e. The first-order valence-electron chi connectivity index (χ1n) is 10.5. The van der Waals surface area contributed by atoms with Crippen LogP contribution in [0.25, 0.3) is 10.9 Å². The number of carbonyl (C=O) groups excluding carboxylic acids is 2. The van der Waals surface area contributed by atoms with E-state index in [0.717, 1.165) is 22.0 Å². The zero-order valence-electron chi connectivity index (χ0n) is 19.2. The summed E-state index contributed by atoms with van der Waals surface area (Å²) in [4.78, 5) is 24.7. The van der Waals surface area contributed by atoms with Gasteiger partial charge in [0.25, 0.3) is 5.91 Å². The molecule has 2 aromatic carbocycles. The van der Waals surface area contributed by atoms with Crippen LogP contribution in [0.3, 0.4) is 0 Å². The van der Waals surface area contributed by atoms with Crippen LogP contribution in [0.1, 0.15) is 48.4 Å². The van der Waals surface area contributed by atoms with Gasteiger partial charge in [0, 0.05) is 12.4 Å². The lowest BCUT2D eigenvalue weighted by Gasteiger charge is -2.15. The molecule has 7 nitrogen and oxygen atoms in total. The van der Waals surface area contributed by atoms with E-state index < -0.39 is 21.6 Å². The van der Waals surface area contributed by atoms with Crippen LogP contribution in [-0.2, 0) is 26.4 Å². The van der Waals surface area contributed by atoms with Gasteiger partial charge in [-0.25, -0.2) is 8.42 Å². The number of benzene rings is 2. The highest BCUT2D eigenvalue weighted by molar-refractivity contribution is 7.92. The molecule has 1 aromatic heterocycles. The molecule has 9 heteroatoms. The minimum atomic E-state index is -3.82. The van der Waals surface area contributed by atoms with Gasteiger partial charge in [-0.1, -0.05) is 23.7 Å². The summed E-state index contributed by atoms with van der Waals surface area (Å²) in [6, 6.07) is 11.3. The number of sulfone groups is 1. The summed E-state index contributed by atoms with van der Waals surface area (Å²) >= 11 is 6.34. The summed E-state index contributed by atoms with van der Waals surface area (Å²) in [7, 11) is -2.01. The molecule has 0 aliphatic carbocycles. The lowest BCUT2D eigenvalue weighted by molar-refractivity contribution is -0.144. The third-order valence-corrected chi connectivity index (χ3v) is 7.17. The number of amides is 1. The highest BCUT2D eigenvalue weighted by atomic mass is 35.5. The number of nitrogens with one attached hydrogen (secondary N) is 1. The van der Waals surface area contributed by atoms with Gasteiger partial charge in [0.15, 0.2) is 15.6 Å². The number of ether oxygens (including phenoxy) is 1. The van der Waals surface area contributed by atoms with Crippen LogP contribution in [0.5, 0.6) is 0 Å². The van der Waals surface area contributed by atoms with Gasteiger partial charge in [0.05, 0.1) is 27.6 Å². The Morgan fingerprint density at radius 2 is 1.73 bits per heavy atom. The second-order valence-corrected chi connectivity index (χ2v) is 10.7. The van der Waals surface area contributed by atoms with Crippen molar-refractivity contribution in [3.8, 4) is 0 Å². The average Bonchev–Trinajstić information content (AvgIpc) is 3.04. The molecule has 0 radical (unpaired) electrons. The predicted octanol–water partition coefficient (Wildman–Crippen LogP) is 4.36. The second-order valence-electron chi connectivity index (χ2n) is 8.33. The molecule has 0 bridgehead atoms. The summed E-state index contributed by atoms with van der Waals surface area (Å²) in [5.41, 5.74) is 3.05. The Bertz CT molecular complexity index is 1310. The summed E-state index contributed by atoms with van der Waals surface area (Å²) in [5.74, 6) is -1.79. The Morgan fingerprint density at radius 1 is 1.09 bits per heavy atom. The Hall–Kier alpha value is -2.84. The lowest BCUT2D eigenvalue weighted by atomic mass is 10.1. The minimum absolute atomic E-state index is 0.0178. The summed E-state index contributed by atoms with van der Waals surface area (Å²) in [6.45, 7) is 7.06. The maximum absolute atomic E-state index is 12.9. The van der Waals surface area contributed by atoms with Crippen molar-refractivity contribution < 1.29 is 22.7 Å². The van der Waals surface area contributed by atoms with E-state index in [1.165, 1.54) is 12.1 Å². The molecular weight excluding hydrogens is 464 g/mol. The Kier molecular flexibility index (Phi) is 7.19. The fourth-order valence-corrected chi connectivity index (χ4v) is 5.01. The van der Waals surface area contributed by atoms with Gasteiger partial charge in [-0.2, -0.15) is 0 Å². The van der Waals surface area contributed by atoms with Crippen LogP contribution in [0.4, 0.5) is 0 Å². The van der Waals surface area contributed by atoms with E-state index in [1.807, 2.05) is 26.1 Å². The average molecular weight is 491 g/mol. The standard InChI is InChI=1S/C24H27ClN2O5S/c1-14(2)32-23(28)13-33(30,31)18-8-6-17(7-9-18)16(4)26-24(29)22-12-19-20(25)10-15(3)11-21(19)27(22)5/h6-12,14,16H,13H2,1-5H3,(H,26,29)/t16-/m1/s1. The molecular formula is C24H27ClN2O5S. The smallest absolute Gasteiger partial charge is 0.321 e. The van der Waals surface area contributed by atoms with Crippen molar-refractivity contribution in [2.75, 3.05) is 5.75 Å². The lowest BCUT2D eigenvalue weighted by Crippen LogP contribution is -2.28. The van der Waals surface area contributed by atoms with Gasteiger partial charge in [0.1, 0.15) is 5.69 Å². The van der Waals surface area contributed by atoms with Crippen molar-refractivity contribution in [3.63, 3.8) is 0 Å². The zero-order chi connectivity index (χ0) is 24.5. The van der Waals surface area contributed by atoms with Gasteiger partial charge in [-0.15, -0.1) is 0 Å². The van der Waals surface area contributed by atoms with Crippen molar-refractivity contribution in [2.24, 2.45) is 7.05 Å². The number of hydrogen-bond acceptors (Lipinski definition) is 5. The quantitative estimate of drug-likeness (QED) is 0.496. The molecule has 0 saturated carbocycles. The van der Waals surface area contributed by atoms with E-state index in [-0.39, 0.29) is 22.9 Å². The molecule has 1 heterocycles. The summed E-state index contributed by atoms with van der Waals surface area (Å²) < 4.78 is 31.6. The van der Waals surface area contributed by atoms with Crippen LogP contribution in [-0.4, -0.2) is 36.7 Å². The van der Waals surface area contributed by atoms with Crippen molar-refractivity contribution in [3.05, 3.63) is 64.3 Å². The second kappa shape index (κ2) is 9.57. The number of halogens is 1. The number of fused-ring (bicyclic) bond motifs is 1. The molecule has 3 rings (SSSR count). The minimum Gasteiger partial charge on any atom is -0.462 e. The topological polar surface area (TPSA) is 94.5 Å². The van der Waals surface area contributed by atoms with Gasteiger partial charge >= 0.3 is 5.97 Å². The molecule has 33 heavy (non-hydrogen) atoms. The molecule has 0 spiro atoms.